The Kier molecular flexibility index (Phi) is 44.9. The highest BCUT2D eigenvalue weighted by atomic mass is 16.6. The third-order valence-corrected chi connectivity index (χ3v) is 10.6. The van der Waals surface area contributed by atoms with Gasteiger partial charge >= 0.3 is 17.9 Å². The predicted molar refractivity (Wildman–Crippen MR) is 247 cm³/mol. The number of carbonyl (C=O) groups excluding carboxylic acids is 3. The molecule has 0 bridgehead atoms. The fraction of sp³-hybridized carbons (Fsp3) is 0.788. The number of hydrogen-bond donors (Lipinski definition) is 0. The summed E-state index contributed by atoms with van der Waals surface area (Å²) in [5.41, 5.74) is 0. The van der Waals surface area contributed by atoms with Crippen LogP contribution in [0.5, 0.6) is 0 Å². The molecule has 58 heavy (non-hydrogen) atoms. The van der Waals surface area contributed by atoms with Gasteiger partial charge in [-0.15, -0.1) is 0 Å². The summed E-state index contributed by atoms with van der Waals surface area (Å²) in [5, 5.41) is 0. The summed E-state index contributed by atoms with van der Waals surface area (Å²) in [6.45, 7) is 6.43. The van der Waals surface area contributed by atoms with E-state index in [1.165, 1.54) is 135 Å². The molecule has 1 atom stereocenters. The molecule has 1 unspecified atom stereocenters. The quantitative estimate of drug-likeness (QED) is 0.0264. The van der Waals surface area contributed by atoms with Gasteiger partial charge in [0.2, 0.25) is 0 Å². The fourth-order valence-electron chi connectivity index (χ4n) is 6.93. The number of hydrogen-bond acceptors (Lipinski definition) is 6. The Morgan fingerprint density at radius 1 is 0.362 bits per heavy atom. The maximum atomic E-state index is 12.7. The minimum Gasteiger partial charge on any atom is -0.462 e. The zero-order chi connectivity index (χ0) is 42.3. The van der Waals surface area contributed by atoms with Crippen LogP contribution in [0.15, 0.2) is 48.6 Å². The molecule has 0 aliphatic rings. The number of ether oxygens (including phenoxy) is 3. The fourth-order valence-corrected chi connectivity index (χ4v) is 6.93. The first-order chi connectivity index (χ1) is 28.5. The Bertz CT molecular complexity index is 1030. The minimum atomic E-state index is -0.804. The molecule has 0 N–H and O–H groups in total. The average Bonchev–Trinajstić information content (AvgIpc) is 3.22. The summed E-state index contributed by atoms with van der Waals surface area (Å²) in [7, 11) is 0. The van der Waals surface area contributed by atoms with Gasteiger partial charge in [0.25, 0.3) is 0 Å². The number of carbonyl (C=O) groups is 3. The monoisotopic (exact) mass is 813 g/mol. The smallest absolute Gasteiger partial charge is 0.306 e. The molecule has 0 amide bonds. The number of esters is 3. The lowest BCUT2D eigenvalue weighted by Crippen LogP contribution is -2.30. The van der Waals surface area contributed by atoms with Gasteiger partial charge in [0.1, 0.15) is 13.2 Å². The predicted octanol–water partition coefficient (Wildman–Crippen LogP) is 15.9. The first-order valence-electron chi connectivity index (χ1n) is 24.6. The first kappa shape index (κ1) is 55.4. The molecule has 6 heteroatoms. The van der Waals surface area contributed by atoms with E-state index < -0.39 is 6.10 Å². The van der Waals surface area contributed by atoms with Gasteiger partial charge in [-0.2, -0.15) is 0 Å². The maximum absolute atomic E-state index is 12.7. The van der Waals surface area contributed by atoms with Gasteiger partial charge in [0, 0.05) is 19.3 Å². The Morgan fingerprint density at radius 2 is 0.672 bits per heavy atom. The van der Waals surface area contributed by atoms with Crippen LogP contribution in [-0.2, 0) is 28.6 Å². The van der Waals surface area contributed by atoms with E-state index in [4.69, 9.17) is 14.2 Å². The topological polar surface area (TPSA) is 78.9 Å². The van der Waals surface area contributed by atoms with Gasteiger partial charge < -0.3 is 14.2 Å². The summed E-state index contributed by atoms with van der Waals surface area (Å²) in [6.07, 6.45) is 55.6. The van der Waals surface area contributed by atoms with Gasteiger partial charge in [0.15, 0.2) is 6.10 Å². The van der Waals surface area contributed by atoms with Crippen LogP contribution in [0.4, 0.5) is 0 Å². The van der Waals surface area contributed by atoms with E-state index in [0.717, 1.165) is 64.2 Å². The van der Waals surface area contributed by atoms with Crippen molar-refractivity contribution in [3.8, 4) is 0 Å². The zero-order valence-electron chi connectivity index (χ0n) is 38.3. The summed E-state index contributed by atoms with van der Waals surface area (Å²) in [5.74, 6) is -0.983. The average molecular weight is 813 g/mol. The highest BCUT2D eigenvalue weighted by molar-refractivity contribution is 5.71. The number of allylic oxidation sites excluding steroid dienone is 8. The highest BCUT2D eigenvalue weighted by Gasteiger charge is 2.19. The molecule has 0 saturated carbocycles. The SMILES string of the molecule is CC/C=C\C/C=C\C/C=C\C/C=C\CCC(=O)OC(COC(=O)CCCCCCCCC)COC(=O)CCCCCCCCCCCCCCCCCCCCCC. The summed E-state index contributed by atoms with van der Waals surface area (Å²) in [4.78, 5) is 37.6. The van der Waals surface area contributed by atoms with Gasteiger partial charge in [-0.1, -0.05) is 230 Å². The maximum Gasteiger partial charge on any atom is 0.306 e. The lowest BCUT2D eigenvalue weighted by Gasteiger charge is -2.18. The Hall–Kier alpha value is -2.63. The number of unbranched alkanes of at least 4 members (excludes halogenated alkanes) is 25. The Labute approximate surface area is 358 Å². The van der Waals surface area contributed by atoms with Crippen molar-refractivity contribution in [1.82, 2.24) is 0 Å². The van der Waals surface area contributed by atoms with Gasteiger partial charge in [-0.05, 0) is 44.9 Å². The second kappa shape index (κ2) is 47.1. The van der Waals surface area contributed by atoms with Crippen LogP contribution in [-0.4, -0.2) is 37.2 Å². The molecular formula is C52H92O6. The molecule has 0 aliphatic heterocycles. The van der Waals surface area contributed by atoms with Crippen molar-refractivity contribution in [3.05, 3.63) is 48.6 Å². The van der Waals surface area contributed by atoms with E-state index in [-0.39, 0.29) is 37.5 Å². The van der Waals surface area contributed by atoms with Crippen LogP contribution in [0.25, 0.3) is 0 Å². The minimum absolute atomic E-state index is 0.0988. The van der Waals surface area contributed by atoms with Crippen molar-refractivity contribution in [2.24, 2.45) is 0 Å². The lowest BCUT2D eigenvalue weighted by molar-refractivity contribution is -0.166. The van der Waals surface area contributed by atoms with E-state index >= 15 is 0 Å². The van der Waals surface area contributed by atoms with Crippen molar-refractivity contribution in [2.75, 3.05) is 13.2 Å². The molecule has 0 heterocycles. The van der Waals surface area contributed by atoms with Crippen LogP contribution in [0.3, 0.4) is 0 Å². The van der Waals surface area contributed by atoms with Crippen molar-refractivity contribution in [1.29, 1.82) is 0 Å². The molecular weight excluding hydrogens is 721 g/mol. The lowest BCUT2D eigenvalue weighted by atomic mass is 10.0. The van der Waals surface area contributed by atoms with Crippen molar-refractivity contribution >= 4 is 17.9 Å². The Balaban J connectivity index is 4.26. The van der Waals surface area contributed by atoms with E-state index in [2.05, 4.69) is 57.2 Å². The van der Waals surface area contributed by atoms with Crippen LogP contribution in [0.1, 0.15) is 245 Å². The first-order valence-corrected chi connectivity index (χ1v) is 24.6. The molecule has 0 spiro atoms. The van der Waals surface area contributed by atoms with Crippen LogP contribution in [0.2, 0.25) is 0 Å². The van der Waals surface area contributed by atoms with E-state index in [9.17, 15) is 14.4 Å². The van der Waals surface area contributed by atoms with Crippen molar-refractivity contribution in [3.63, 3.8) is 0 Å². The van der Waals surface area contributed by atoms with Crippen molar-refractivity contribution < 1.29 is 28.6 Å². The van der Waals surface area contributed by atoms with E-state index in [0.29, 0.717) is 19.3 Å². The highest BCUT2D eigenvalue weighted by Crippen LogP contribution is 2.16. The second-order valence-corrected chi connectivity index (χ2v) is 16.4. The van der Waals surface area contributed by atoms with Crippen LogP contribution >= 0.6 is 0 Å². The molecule has 336 valence electrons. The molecule has 0 aromatic heterocycles. The standard InChI is InChI=1S/C52H92O6/c1-4-7-10-13-16-18-20-22-23-24-25-26-27-28-30-31-33-36-39-42-45-51(54)57-48-49(47-56-50(53)44-41-38-35-15-12-9-6-3)58-52(55)46-43-40-37-34-32-29-21-19-17-14-11-8-5-2/h8,11,17,19,29,32,37,40,49H,4-7,9-10,12-16,18,20-28,30-31,33-36,38-39,41-48H2,1-3H3/b11-8-,19-17-,32-29-,40-37-. The molecule has 6 nitrogen and oxygen atoms in total. The summed E-state index contributed by atoms with van der Waals surface area (Å²) in [6, 6.07) is 0. The second-order valence-electron chi connectivity index (χ2n) is 16.4. The third kappa shape index (κ3) is 44.5. The summed E-state index contributed by atoms with van der Waals surface area (Å²) < 4.78 is 16.6. The largest absolute Gasteiger partial charge is 0.462 e. The van der Waals surface area contributed by atoms with Crippen LogP contribution < -0.4 is 0 Å². The molecule has 0 aromatic rings. The van der Waals surface area contributed by atoms with E-state index in [1.807, 2.05) is 12.2 Å². The summed E-state index contributed by atoms with van der Waals surface area (Å²) >= 11 is 0. The number of rotatable bonds is 44. The third-order valence-electron chi connectivity index (χ3n) is 10.6. The van der Waals surface area contributed by atoms with Crippen molar-refractivity contribution in [2.45, 2.75) is 252 Å². The Morgan fingerprint density at radius 3 is 1.02 bits per heavy atom. The molecule has 0 rings (SSSR count). The normalized spacial score (nSPS) is 12.4. The molecule has 0 fully saturated rings. The molecule has 0 aromatic carbocycles. The van der Waals surface area contributed by atoms with Gasteiger partial charge in [-0.25, -0.2) is 0 Å². The molecule has 0 saturated heterocycles. The van der Waals surface area contributed by atoms with Crippen LogP contribution in [0, 0.1) is 0 Å². The molecule has 0 radical (unpaired) electrons. The molecule has 0 aliphatic carbocycles. The van der Waals surface area contributed by atoms with Gasteiger partial charge in [-0.3, -0.25) is 14.4 Å². The van der Waals surface area contributed by atoms with E-state index in [1.54, 1.807) is 0 Å². The van der Waals surface area contributed by atoms with Gasteiger partial charge in [0.05, 0.1) is 0 Å². The zero-order valence-corrected chi connectivity index (χ0v) is 38.3.